The van der Waals surface area contributed by atoms with E-state index in [2.05, 4.69) is 19.2 Å². The number of hydrogen-bond acceptors (Lipinski definition) is 5. The van der Waals surface area contributed by atoms with Gasteiger partial charge in [0, 0.05) is 0 Å². The standard InChI is InChI=1S/C45H89NO6S/c1-3-5-7-9-11-13-15-17-19-21-22-24-25-27-29-31-33-35-37-39-43(47)42(41-53(50,51)52)46-45(49)44(48)40-38-36-34-32-30-28-26-23-20-18-16-14-12-10-8-6-4-2/h37,39,42-44,47-48H,3-36,38,40-41H2,1-2H3,(H,46,49)(H,50,51,52)/b39-37+. The molecule has 0 saturated carbocycles. The number of allylic oxidation sites excluding steroid dienone is 1. The molecular formula is C45H89NO6S. The van der Waals surface area contributed by atoms with Gasteiger partial charge < -0.3 is 15.5 Å². The number of unbranched alkanes of at least 4 members (excludes halogenated alkanes) is 33. The Kier molecular flexibility index (Phi) is 38.6. The van der Waals surface area contributed by atoms with E-state index in [1.807, 2.05) is 6.08 Å². The number of rotatable bonds is 42. The predicted octanol–water partition coefficient (Wildman–Crippen LogP) is 12.7. The first kappa shape index (κ1) is 52.0. The summed E-state index contributed by atoms with van der Waals surface area (Å²) in [4.78, 5) is 12.6. The van der Waals surface area contributed by atoms with Crippen molar-refractivity contribution in [2.45, 2.75) is 263 Å². The summed E-state index contributed by atoms with van der Waals surface area (Å²) in [5.74, 6) is -1.52. The SMILES string of the molecule is CCCCCCCCCCCCCCCCCCC/C=C/C(O)C(CS(=O)(=O)O)NC(=O)C(O)CCCCCCCCCCCCCCCCCCC. The Bertz CT molecular complexity index is 911. The molecule has 0 fully saturated rings. The third-order valence-corrected chi connectivity index (χ3v) is 11.6. The third-order valence-electron chi connectivity index (χ3n) is 10.8. The van der Waals surface area contributed by atoms with Crippen LogP contribution in [0.5, 0.6) is 0 Å². The fourth-order valence-electron chi connectivity index (χ4n) is 7.28. The second kappa shape index (κ2) is 39.3. The molecule has 0 bridgehead atoms. The Balaban J connectivity index is 3.94. The van der Waals surface area contributed by atoms with Gasteiger partial charge in [-0.3, -0.25) is 9.35 Å². The van der Waals surface area contributed by atoms with E-state index < -0.39 is 40.0 Å². The fourth-order valence-corrected chi connectivity index (χ4v) is 8.02. The van der Waals surface area contributed by atoms with Crippen LogP contribution in [0.3, 0.4) is 0 Å². The molecule has 316 valence electrons. The highest BCUT2D eigenvalue weighted by molar-refractivity contribution is 7.85. The topological polar surface area (TPSA) is 124 Å². The van der Waals surface area contributed by atoms with Crippen LogP contribution in [-0.2, 0) is 14.9 Å². The first-order chi connectivity index (χ1) is 25.7. The molecule has 0 saturated heterocycles. The van der Waals surface area contributed by atoms with E-state index >= 15 is 0 Å². The molecule has 53 heavy (non-hydrogen) atoms. The number of nitrogens with one attached hydrogen (secondary N) is 1. The van der Waals surface area contributed by atoms with Crippen LogP contribution in [0.1, 0.15) is 245 Å². The molecule has 1 amide bonds. The number of carbonyl (C=O) groups is 1. The van der Waals surface area contributed by atoms with Gasteiger partial charge in [0.15, 0.2) is 0 Å². The van der Waals surface area contributed by atoms with E-state index in [9.17, 15) is 28.0 Å². The summed E-state index contributed by atoms with van der Waals surface area (Å²) >= 11 is 0. The second-order valence-corrected chi connectivity index (χ2v) is 17.7. The summed E-state index contributed by atoms with van der Waals surface area (Å²) in [6, 6.07) is -1.23. The normalized spacial score (nSPS) is 13.8. The molecule has 7 nitrogen and oxygen atoms in total. The van der Waals surface area contributed by atoms with Crippen molar-refractivity contribution in [3.8, 4) is 0 Å². The molecule has 0 aromatic rings. The van der Waals surface area contributed by atoms with Crippen LogP contribution in [0.4, 0.5) is 0 Å². The van der Waals surface area contributed by atoms with Crippen molar-refractivity contribution in [2.75, 3.05) is 5.75 Å². The molecule has 0 aliphatic carbocycles. The minimum atomic E-state index is -4.44. The van der Waals surface area contributed by atoms with Gasteiger partial charge in [-0.05, 0) is 19.3 Å². The van der Waals surface area contributed by atoms with E-state index in [-0.39, 0.29) is 6.42 Å². The van der Waals surface area contributed by atoms with Crippen LogP contribution in [0.2, 0.25) is 0 Å². The number of amides is 1. The first-order valence-electron chi connectivity index (χ1n) is 23.0. The van der Waals surface area contributed by atoms with Crippen molar-refractivity contribution in [2.24, 2.45) is 0 Å². The number of aliphatic hydroxyl groups excluding tert-OH is 2. The van der Waals surface area contributed by atoms with Gasteiger partial charge in [-0.2, -0.15) is 8.42 Å². The lowest BCUT2D eigenvalue weighted by atomic mass is 10.0. The summed E-state index contributed by atoms with van der Waals surface area (Å²) in [6.45, 7) is 4.53. The molecule has 0 radical (unpaired) electrons. The molecular weight excluding hydrogens is 683 g/mol. The molecule has 0 aliphatic rings. The maximum absolute atomic E-state index is 12.6. The highest BCUT2D eigenvalue weighted by Crippen LogP contribution is 2.17. The Morgan fingerprint density at radius 1 is 0.509 bits per heavy atom. The van der Waals surface area contributed by atoms with Gasteiger partial charge in [0.2, 0.25) is 5.91 Å². The van der Waals surface area contributed by atoms with E-state index in [0.717, 1.165) is 38.5 Å². The van der Waals surface area contributed by atoms with Gasteiger partial charge in [0.1, 0.15) is 6.10 Å². The number of aliphatic hydroxyl groups is 2. The predicted molar refractivity (Wildman–Crippen MR) is 227 cm³/mol. The van der Waals surface area contributed by atoms with E-state index in [4.69, 9.17) is 0 Å². The average molecular weight is 772 g/mol. The second-order valence-electron chi connectivity index (χ2n) is 16.2. The van der Waals surface area contributed by atoms with Crippen LogP contribution >= 0.6 is 0 Å². The van der Waals surface area contributed by atoms with Crippen LogP contribution in [0, 0.1) is 0 Å². The van der Waals surface area contributed by atoms with Crippen molar-refractivity contribution in [1.82, 2.24) is 5.32 Å². The Hall–Kier alpha value is -0.960. The van der Waals surface area contributed by atoms with Crippen LogP contribution in [0.25, 0.3) is 0 Å². The maximum atomic E-state index is 12.6. The summed E-state index contributed by atoms with van der Waals surface area (Å²) in [7, 11) is -4.44. The highest BCUT2D eigenvalue weighted by atomic mass is 32.2. The third kappa shape index (κ3) is 39.1. The zero-order valence-corrected chi connectivity index (χ0v) is 35.8. The highest BCUT2D eigenvalue weighted by Gasteiger charge is 2.27. The van der Waals surface area contributed by atoms with Gasteiger partial charge >= 0.3 is 0 Å². The average Bonchev–Trinajstić information content (AvgIpc) is 3.12. The van der Waals surface area contributed by atoms with Gasteiger partial charge in [-0.1, -0.05) is 238 Å². The summed E-state index contributed by atoms with van der Waals surface area (Å²) in [5, 5.41) is 23.5. The van der Waals surface area contributed by atoms with Crippen LogP contribution in [0.15, 0.2) is 12.2 Å². The Morgan fingerprint density at radius 3 is 1.13 bits per heavy atom. The van der Waals surface area contributed by atoms with Gasteiger partial charge in [-0.25, -0.2) is 0 Å². The number of carbonyl (C=O) groups excluding carboxylic acids is 1. The molecule has 0 aromatic heterocycles. The summed E-state index contributed by atoms with van der Waals surface area (Å²) in [6.07, 6.45) is 45.5. The van der Waals surface area contributed by atoms with Gasteiger partial charge in [0.05, 0.1) is 17.9 Å². The Morgan fingerprint density at radius 2 is 0.811 bits per heavy atom. The molecule has 0 aliphatic heterocycles. The van der Waals surface area contributed by atoms with Crippen LogP contribution < -0.4 is 5.32 Å². The minimum Gasteiger partial charge on any atom is -0.387 e. The van der Waals surface area contributed by atoms with E-state index in [0.29, 0.717) is 6.42 Å². The molecule has 0 spiro atoms. The molecule has 0 heterocycles. The fraction of sp³-hybridized carbons (Fsp3) is 0.933. The lowest BCUT2D eigenvalue weighted by Gasteiger charge is -2.22. The van der Waals surface area contributed by atoms with Crippen molar-refractivity contribution < 1.29 is 28.0 Å². The molecule has 0 aromatic carbocycles. The van der Waals surface area contributed by atoms with Crippen molar-refractivity contribution >= 4 is 16.0 Å². The maximum Gasteiger partial charge on any atom is 0.267 e. The summed E-state index contributed by atoms with van der Waals surface area (Å²) < 4.78 is 32.6. The molecule has 3 atom stereocenters. The molecule has 4 N–H and O–H groups in total. The molecule has 8 heteroatoms. The number of hydrogen-bond donors (Lipinski definition) is 4. The van der Waals surface area contributed by atoms with Gasteiger partial charge in [-0.15, -0.1) is 0 Å². The monoisotopic (exact) mass is 772 g/mol. The van der Waals surface area contributed by atoms with E-state index in [1.54, 1.807) is 0 Å². The smallest absolute Gasteiger partial charge is 0.267 e. The lowest BCUT2D eigenvalue weighted by Crippen LogP contribution is -2.50. The van der Waals surface area contributed by atoms with Gasteiger partial charge in [0.25, 0.3) is 10.1 Å². The zero-order chi connectivity index (χ0) is 39.1. The van der Waals surface area contributed by atoms with Crippen molar-refractivity contribution in [1.29, 1.82) is 0 Å². The molecule has 3 unspecified atom stereocenters. The van der Waals surface area contributed by atoms with Crippen molar-refractivity contribution in [3.63, 3.8) is 0 Å². The quantitative estimate of drug-likeness (QED) is 0.0278. The zero-order valence-electron chi connectivity index (χ0n) is 35.0. The first-order valence-corrected chi connectivity index (χ1v) is 24.6. The Labute approximate surface area is 329 Å². The van der Waals surface area contributed by atoms with E-state index in [1.165, 1.54) is 186 Å². The molecule has 0 rings (SSSR count). The van der Waals surface area contributed by atoms with Crippen molar-refractivity contribution in [3.05, 3.63) is 12.2 Å². The minimum absolute atomic E-state index is 0.286. The van der Waals surface area contributed by atoms with Crippen LogP contribution in [-0.4, -0.2) is 53.1 Å². The lowest BCUT2D eigenvalue weighted by molar-refractivity contribution is -0.130. The largest absolute Gasteiger partial charge is 0.387 e. The summed E-state index contributed by atoms with van der Waals surface area (Å²) in [5.41, 5.74) is 0.